The molecule has 1 aromatic heterocycles. The first-order valence-electron chi connectivity index (χ1n) is 10.2. The molecule has 8 heteroatoms. The summed E-state index contributed by atoms with van der Waals surface area (Å²) in [4.78, 5) is 19.8. The molecule has 1 saturated heterocycles. The van der Waals surface area contributed by atoms with E-state index in [-0.39, 0.29) is 24.9 Å². The van der Waals surface area contributed by atoms with Gasteiger partial charge in [-0.2, -0.15) is 0 Å². The monoisotopic (exact) mass is 437 g/mol. The summed E-state index contributed by atoms with van der Waals surface area (Å²) < 4.78 is 16.5. The average molecular weight is 438 g/mol. The molecule has 0 spiro atoms. The van der Waals surface area contributed by atoms with Gasteiger partial charge in [0.2, 0.25) is 6.79 Å². The Bertz CT molecular complexity index is 1110. The van der Waals surface area contributed by atoms with Gasteiger partial charge in [0, 0.05) is 35.3 Å². The highest BCUT2D eigenvalue weighted by Crippen LogP contribution is 2.33. The van der Waals surface area contributed by atoms with Crippen LogP contribution >= 0.6 is 11.3 Å². The van der Waals surface area contributed by atoms with Crippen LogP contribution in [-0.4, -0.2) is 43.0 Å². The number of carbonyl (C=O) groups excluding carboxylic acids is 1. The number of benzene rings is 2. The Balaban J connectivity index is 1.31. The molecule has 0 radical (unpaired) electrons. The molecule has 2 unspecified atom stereocenters. The summed E-state index contributed by atoms with van der Waals surface area (Å²) in [5.41, 5.74) is 3.08. The lowest BCUT2D eigenvalue weighted by Gasteiger charge is -2.35. The van der Waals surface area contributed by atoms with Gasteiger partial charge in [-0.25, -0.2) is 4.98 Å². The third kappa shape index (κ3) is 4.22. The zero-order valence-corrected chi connectivity index (χ0v) is 18.1. The molecule has 160 valence electrons. The number of morpholine rings is 1. The number of aromatic nitrogens is 1. The molecule has 5 rings (SSSR count). The van der Waals surface area contributed by atoms with E-state index in [2.05, 4.69) is 29.4 Å². The number of nitrogens with zero attached hydrogens (tertiary/aromatic N) is 2. The largest absolute Gasteiger partial charge is 0.454 e. The van der Waals surface area contributed by atoms with Crippen molar-refractivity contribution < 1.29 is 19.0 Å². The Labute approximate surface area is 184 Å². The summed E-state index contributed by atoms with van der Waals surface area (Å²) in [5, 5.41) is 6.00. The molecule has 2 aromatic carbocycles. The van der Waals surface area contributed by atoms with E-state index >= 15 is 0 Å². The van der Waals surface area contributed by atoms with E-state index in [0.717, 1.165) is 29.5 Å². The Hall–Kier alpha value is -3.10. The molecule has 1 amide bonds. The van der Waals surface area contributed by atoms with Crippen molar-refractivity contribution in [3.05, 3.63) is 53.4 Å². The van der Waals surface area contributed by atoms with Gasteiger partial charge >= 0.3 is 0 Å². The van der Waals surface area contributed by atoms with Crippen LogP contribution in [0.25, 0.3) is 11.3 Å². The number of hydrogen-bond donors (Lipinski definition) is 1. The van der Waals surface area contributed by atoms with Crippen molar-refractivity contribution in [2.24, 2.45) is 0 Å². The summed E-state index contributed by atoms with van der Waals surface area (Å²) in [7, 11) is 0. The van der Waals surface area contributed by atoms with Crippen molar-refractivity contribution >= 4 is 28.1 Å². The number of fused-ring (bicyclic) bond motifs is 1. The maximum atomic E-state index is 12.7. The topological polar surface area (TPSA) is 72.9 Å². The van der Waals surface area contributed by atoms with Crippen LogP contribution in [0.15, 0.2) is 47.8 Å². The zero-order valence-electron chi connectivity index (χ0n) is 17.3. The lowest BCUT2D eigenvalue weighted by atomic mass is 10.1. The lowest BCUT2D eigenvalue weighted by molar-refractivity contribution is -0.00522. The molecule has 2 aliphatic heterocycles. The molecular formula is C23H23N3O4S. The van der Waals surface area contributed by atoms with Gasteiger partial charge in [0.15, 0.2) is 16.6 Å². The van der Waals surface area contributed by atoms with Crippen molar-refractivity contribution in [3.8, 4) is 22.8 Å². The van der Waals surface area contributed by atoms with Crippen LogP contribution in [0.3, 0.4) is 0 Å². The Kier molecular flexibility index (Phi) is 5.25. The number of thiazole rings is 1. The zero-order chi connectivity index (χ0) is 21.4. The van der Waals surface area contributed by atoms with Crippen LogP contribution in [0, 0.1) is 0 Å². The first kappa shape index (κ1) is 19.8. The second-order valence-corrected chi connectivity index (χ2v) is 8.62. The van der Waals surface area contributed by atoms with Crippen LogP contribution in [-0.2, 0) is 4.74 Å². The Morgan fingerprint density at radius 1 is 1.10 bits per heavy atom. The van der Waals surface area contributed by atoms with Crippen molar-refractivity contribution in [1.29, 1.82) is 0 Å². The maximum Gasteiger partial charge on any atom is 0.255 e. The Morgan fingerprint density at radius 3 is 2.74 bits per heavy atom. The number of ether oxygens (including phenoxy) is 3. The van der Waals surface area contributed by atoms with Gasteiger partial charge in [-0.05, 0) is 44.2 Å². The summed E-state index contributed by atoms with van der Waals surface area (Å²) in [6.07, 6.45) is 0.372. The molecule has 1 N–H and O–H groups in total. The molecule has 0 bridgehead atoms. The van der Waals surface area contributed by atoms with Crippen LogP contribution in [0.1, 0.15) is 24.2 Å². The number of anilines is 2. The summed E-state index contributed by atoms with van der Waals surface area (Å²) in [6, 6.07) is 12.9. The molecule has 2 atom stereocenters. The number of amides is 1. The highest BCUT2D eigenvalue weighted by molar-refractivity contribution is 7.14. The molecule has 0 saturated carbocycles. The van der Waals surface area contributed by atoms with Crippen LogP contribution in [0.5, 0.6) is 11.5 Å². The Morgan fingerprint density at radius 2 is 1.90 bits per heavy atom. The van der Waals surface area contributed by atoms with Gasteiger partial charge in [-0.1, -0.05) is 12.1 Å². The summed E-state index contributed by atoms with van der Waals surface area (Å²) in [5.74, 6) is 1.04. The first-order chi connectivity index (χ1) is 15.0. The second kappa shape index (κ2) is 8.20. The van der Waals surface area contributed by atoms with Crippen molar-refractivity contribution in [3.63, 3.8) is 0 Å². The molecule has 3 heterocycles. The highest BCUT2D eigenvalue weighted by atomic mass is 32.1. The highest BCUT2D eigenvalue weighted by Gasteiger charge is 2.24. The molecule has 31 heavy (non-hydrogen) atoms. The number of hydrogen-bond acceptors (Lipinski definition) is 7. The second-order valence-electron chi connectivity index (χ2n) is 7.78. The smallest absolute Gasteiger partial charge is 0.255 e. The van der Waals surface area contributed by atoms with Gasteiger partial charge < -0.3 is 24.4 Å². The maximum absolute atomic E-state index is 12.7. The van der Waals surface area contributed by atoms with Crippen LogP contribution < -0.4 is 19.7 Å². The molecule has 2 aliphatic rings. The third-order valence-electron chi connectivity index (χ3n) is 5.23. The molecular weight excluding hydrogens is 414 g/mol. The van der Waals surface area contributed by atoms with Crippen LogP contribution in [0.4, 0.5) is 10.8 Å². The fourth-order valence-electron chi connectivity index (χ4n) is 3.87. The molecule has 0 aliphatic carbocycles. The van der Waals surface area contributed by atoms with Gasteiger partial charge in [-0.3, -0.25) is 4.79 Å². The van der Waals surface area contributed by atoms with Crippen molar-refractivity contribution in [1.82, 2.24) is 4.98 Å². The van der Waals surface area contributed by atoms with E-state index in [1.54, 1.807) is 29.5 Å². The minimum Gasteiger partial charge on any atom is -0.454 e. The van der Waals surface area contributed by atoms with E-state index in [1.165, 1.54) is 0 Å². The summed E-state index contributed by atoms with van der Waals surface area (Å²) in [6.45, 7) is 6.03. The van der Waals surface area contributed by atoms with Crippen LogP contribution in [0.2, 0.25) is 0 Å². The van der Waals surface area contributed by atoms with Gasteiger partial charge in [0.05, 0.1) is 17.9 Å². The van der Waals surface area contributed by atoms with Crippen molar-refractivity contribution in [2.75, 3.05) is 30.1 Å². The standard InChI is InChI=1S/C23H23N3O4S/c1-14-10-26(11-15(2)30-14)23-25-19(12-31-23)16-4-3-5-18(8-16)24-22(27)17-6-7-20-21(9-17)29-13-28-20/h3-9,12,14-15H,10-11,13H2,1-2H3,(H,24,27). The predicted octanol–water partition coefficient (Wildman–Crippen LogP) is 4.40. The first-order valence-corrected chi connectivity index (χ1v) is 11.1. The molecule has 1 fully saturated rings. The fraction of sp³-hybridized carbons (Fsp3) is 0.304. The summed E-state index contributed by atoms with van der Waals surface area (Å²) >= 11 is 1.63. The van der Waals surface area contributed by atoms with E-state index in [1.807, 2.05) is 24.3 Å². The van der Waals surface area contributed by atoms with E-state index in [0.29, 0.717) is 22.7 Å². The van der Waals surface area contributed by atoms with E-state index in [9.17, 15) is 4.79 Å². The number of carbonyl (C=O) groups is 1. The van der Waals surface area contributed by atoms with Gasteiger partial charge in [-0.15, -0.1) is 11.3 Å². The lowest BCUT2D eigenvalue weighted by Crippen LogP contribution is -2.45. The number of nitrogens with one attached hydrogen (secondary N) is 1. The quantitative estimate of drug-likeness (QED) is 0.652. The van der Waals surface area contributed by atoms with Crippen molar-refractivity contribution in [2.45, 2.75) is 26.1 Å². The van der Waals surface area contributed by atoms with Gasteiger partial charge in [0.25, 0.3) is 5.91 Å². The van der Waals surface area contributed by atoms with E-state index in [4.69, 9.17) is 19.2 Å². The molecule has 3 aromatic rings. The van der Waals surface area contributed by atoms with Gasteiger partial charge in [0.1, 0.15) is 0 Å². The predicted molar refractivity (Wildman–Crippen MR) is 120 cm³/mol. The minimum atomic E-state index is -0.203. The SMILES string of the molecule is CC1CN(c2nc(-c3cccc(NC(=O)c4ccc5c(c4)OCO5)c3)cs2)CC(C)O1. The van der Waals surface area contributed by atoms with E-state index < -0.39 is 0 Å². The number of rotatable bonds is 4. The minimum absolute atomic E-state index is 0.181. The third-order valence-corrected chi connectivity index (χ3v) is 6.13. The fourth-order valence-corrected chi connectivity index (χ4v) is 4.73. The normalized spacial score (nSPS) is 20.0. The average Bonchev–Trinajstić information content (AvgIpc) is 3.42. The molecule has 7 nitrogen and oxygen atoms in total.